The van der Waals surface area contributed by atoms with Crippen LogP contribution in [-0.4, -0.2) is 17.9 Å². The minimum Gasteiger partial charge on any atom is -0.324 e. The Morgan fingerprint density at radius 1 is 1.12 bits per heavy atom. The van der Waals surface area contributed by atoms with Crippen molar-refractivity contribution in [1.29, 1.82) is 0 Å². The Balaban J connectivity index is 1.82. The molecular weight excluding hydrogens is 347 g/mol. The van der Waals surface area contributed by atoms with Gasteiger partial charge in [-0.25, -0.2) is 0 Å². The number of rotatable bonds is 3. The van der Waals surface area contributed by atoms with Crippen molar-refractivity contribution in [3.63, 3.8) is 0 Å². The van der Waals surface area contributed by atoms with Gasteiger partial charge in [0, 0.05) is 27.8 Å². The minimum absolute atomic E-state index is 0.0645. The van der Waals surface area contributed by atoms with Crippen LogP contribution in [0.4, 0.5) is 11.4 Å². The summed E-state index contributed by atoms with van der Waals surface area (Å²) < 4.78 is 0. The van der Waals surface area contributed by atoms with Crippen LogP contribution in [0.5, 0.6) is 0 Å². The van der Waals surface area contributed by atoms with E-state index in [0.29, 0.717) is 34.3 Å². The largest absolute Gasteiger partial charge is 0.324 e. The molecule has 1 unspecified atom stereocenters. The first-order valence-corrected chi connectivity index (χ1v) is 8.36. The second-order valence-corrected chi connectivity index (χ2v) is 6.62. The monoisotopic (exact) mass is 362 g/mol. The average Bonchev–Trinajstić information content (AvgIpc) is 2.93. The molecule has 1 aliphatic rings. The molecule has 0 bridgehead atoms. The van der Waals surface area contributed by atoms with Crippen LogP contribution < -0.4 is 10.2 Å². The molecule has 3 rings (SSSR count). The lowest BCUT2D eigenvalue weighted by Crippen LogP contribution is -2.41. The molecule has 1 heterocycles. The molecule has 1 N–H and O–H groups in total. The lowest BCUT2D eigenvalue weighted by Gasteiger charge is -2.24. The Bertz CT molecular complexity index is 790. The molecule has 0 aromatic heterocycles. The first-order valence-electron chi connectivity index (χ1n) is 7.60. The SMILES string of the molecule is Cc1cc(Cl)ccc1NC(=O)C1CCC(=O)N1c1ccc(Cl)cc1. The second kappa shape index (κ2) is 6.83. The molecule has 24 heavy (non-hydrogen) atoms. The van der Waals surface area contributed by atoms with Gasteiger partial charge in [0.15, 0.2) is 0 Å². The van der Waals surface area contributed by atoms with E-state index in [9.17, 15) is 9.59 Å². The summed E-state index contributed by atoms with van der Waals surface area (Å²) in [7, 11) is 0. The predicted octanol–water partition coefficient (Wildman–Crippen LogP) is 4.44. The van der Waals surface area contributed by atoms with Gasteiger partial charge in [0.05, 0.1) is 0 Å². The fourth-order valence-corrected chi connectivity index (χ4v) is 3.19. The van der Waals surface area contributed by atoms with Crippen molar-refractivity contribution in [1.82, 2.24) is 0 Å². The summed E-state index contributed by atoms with van der Waals surface area (Å²) in [5, 5.41) is 4.09. The zero-order valence-electron chi connectivity index (χ0n) is 13.1. The van der Waals surface area contributed by atoms with Gasteiger partial charge in [0.1, 0.15) is 6.04 Å². The molecule has 1 atom stereocenters. The van der Waals surface area contributed by atoms with Gasteiger partial charge in [-0.2, -0.15) is 0 Å². The topological polar surface area (TPSA) is 49.4 Å². The lowest BCUT2D eigenvalue weighted by molar-refractivity contribution is -0.120. The second-order valence-electron chi connectivity index (χ2n) is 5.74. The normalized spacial score (nSPS) is 17.2. The average molecular weight is 363 g/mol. The number of halogens is 2. The third-order valence-corrected chi connectivity index (χ3v) is 4.55. The van der Waals surface area contributed by atoms with E-state index in [2.05, 4.69) is 5.32 Å². The van der Waals surface area contributed by atoms with E-state index >= 15 is 0 Å². The molecule has 1 aliphatic heterocycles. The maximum Gasteiger partial charge on any atom is 0.247 e. The molecule has 6 heteroatoms. The Hall–Kier alpha value is -2.04. The third kappa shape index (κ3) is 3.40. The molecule has 2 amide bonds. The predicted molar refractivity (Wildman–Crippen MR) is 96.8 cm³/mol. The summed E-state index contributed by atoms with van der Waals surface area (Å²) in [6.07, 6.45) is 0.834. The van der Waals surface area contributed by atoms with Gasteiger partial charge in [-0.15, -0.1) is 0 Å². The quantitative estimate of drug-likeness (QED) is 0.877. The molecule has 4 nitrogen and oxygen atoms in total. The summed E-state index contributed by atoms with van der Waals surface area (Å²) in [6.45, 7) is 1.87. The molecular formula is C18H16Cl2N2O2. The van der Waals surface area contributed by atoms with Crippen molar-refractivity contribution in [3.05, 3.63) is 58.1 Å². The molecule has 0 saturated carbocycles. The zero-order chi connectivity index (χ0) is 17.3. The standard InChI is InChI=1S/C18H16Cl2N2O2/c1-11-10-13(20)4-7-15(11)21-18(24)16-8-9-17(23)22(16)14-5-2-12(19)3-6-14/h2-7,10,16H,8-9H2,1H3,(H,21,24). The maximum absolute atomic E-state index is 12.7. The highest BCUT2D eigenvalue weighted by molar-refractivity contribution is 6.31. The maximum atomic E-state index is 12.7. The zero-order valence-corrected chi connectivity index (χ0v) is 14.6. The van der Waals surface area contributed by atoms with Crippen LogP contribution in [0.15, 0.2) is 42.5 Å². The van der Waals surface area contributed by atoms with Gasteiger partial charge in [-0.05, 0) is 61.4 Å². The smallest absolute Gasteiger partial charge is 0.247 e. The first kappa shape index (κ1) is 16.8. The number of carbonyl (C=O) groups excluding carboxylic acids is 2. The Kier molecular flexibility index (Phi) is 4.78. The summed E-state index contributed by atoms with van der Waals surface area (Å²) in [6, 6.07) is 11.7. The van der Waals surface area contributed by atoms with Crippen LogP contribution in [0, 0.1) is 6.92 Å². The highest BCUT2D eigenvalue weighted by Gasteiger charge is 2.37. The number of benzene rings is 2. The molecule has 2 aromatic rings. The van der Waals surface area contributed by atoms with E-state index < -0.39 is 6.04 Å². The van der Waals surface area contributed by atoms with Gasteiger partial charge in [-0.3, -0.25) is 14.5 Å². The molecule has 1 fully saturated rings. The van der Waals surface area contributed by atoms with Crippen LogP contribution in [0.2, 0.25) is 10.0 Å². The Labute approximate surface area is 150 Å². The number of aryl methyl sites for hydroxylation is 1. The van der Waals surface area contributed by atoms with Crippen molar-refractivity contribution in [2.75, 3.05) is 10.2 Å². The number of anilines is 2. The van der Waals surface area contributed by atoms with Crippen LogP contribution >= 0.6 is 23.2 Å². The van der Waals surface area contributed by atoms with Crippen molar-refractivity contribution in [2.45, 2.75) is 25.8 Å². The molecule has 124 valence electrons. The third-order valence-electron chi connectivity index (χ3n) is 4.07. The highest BCUT2D eigenvalue weighted by Crippen LogP contribution is 2.29. The highest BCUT2D eigenvalue weighted by atomic mass is 35.5. The summed E-state index contributed by atoms with van der Waals surface area (Å²) in [5.41, 5.74) is 2.24. The van der Waals surface area contributed by atoms with Crippen LogP contribution in [0.3, 0.4) is 0 Å². The first-order chi connectivity index (χ1) is 11.5. The number of nitrogens with one attached hydrogen (secondary N) is 1. The molecule has 1 saturated heterocycles. The number of hydrogen-bond donors (Lipinski definition) is 1. The van der Waals surface area contributed by atoms with E-state index in [1.165, 1.54) is 4.90 Å². The van der Waals surface area contributed by atoms with E-state index in [-0.39, 0.29) is 11.8 Å². The fraction of sp³-hybridized carbons (Fsp3) is 0.222. The van der Waals surface area contributed by atoms with Gasteiger partial charge >= 0.3 is 0 Å². The lowest BCUT2D eigenvalue weighted by atomic mass is 10.1. The van der Waals surface area contributed by atoms with Gasteiger partial charge in [0.25, 0.3) is 0 Å². The summed E-state index contributed by atoms with van der Waals surface area (Å²) >= 11 is 11.8. The molecule has 0 spiro atoms. The van der Waals surface area contributed by atoms with Crippen LogP contribution in [-0.2, 0) is 9.59 Å². The van der Waals surface area contributed by atoms with Gasteiger partial charge in [-0.1, -0.05) is 23.2 Å². The molecule has 2 aromatic carbocycles. The summed E-state index contributed by atoms with van der Waals surface area (Å²) in [5.74, 6) is -0.272. The Morgan fingerprint density at radius 2 is 1.79 bits per heavy atom. The van der Waals surface area contributed by atoms with E-state index in [0.717, 1.165) is 5.56 Å². The van der Waals surface area contributed by atoms with Crippen LogP contribution in [0.1, 0.15) is 18.4 Å². The van der Waals surface area contributed by atoms with E-state index in [4.69, 9.17) is 23.2 Å². The van der Waals surface area contributed by atoms with E-state index in [1.54, 1.807) is 42.5 Å². The number of nitrogens with zero attached hydrogens (tertiary/aromatic N) is 1. The van der Waals surface area contributed by atoms with Crippen molar-refractivity contribution in [3.8, 4) is 0 Å². The van der Waals surface area contributed by atoms with Crippen molar-refractivity contribution < 1.29 is 9.59 Å². The molecule has 0 radical (unpaired) electrons. The van der Waals surface area contributed by atoms with Crippen LogP contribution in [0.25, 0.3) is 0 Å². The van der Waals surface area contributed by atoms with Crippen molar-refractivity contribution in [2.24, 2.45) is 0 Å². The number of amides is 2. The minimum atomic E-state index is -0.534. The van der Waals surface area contributed by atoms with Gasteiger partial charge < -0.3 is 5.32 Å². The number of carbonyl (C=O) groups is 2. The molecule has 0 aliphatic carbocycles. The Morgan fingerprint density at radius 3 is 2.46 bits per heavy atom. The fourth-order valence-electron chi connectivity index (χ4n) is 2.84. The van der Waals surface area contributed by atoms with Crippen molar-refractivity contribution >= 4 is 46.4 Å². The number of hydrogen-bond acceptors (Lipinski definition) is 2. The van der Waals surface area contributed by atoms with E-state index in [1.807, 2.05) is 6.92 Å². The summed E-state index contributed by atoms with van der Waals surface area (Å²) in [4.78, 5) is 26.5. The van der Waals surface area contributed by atoms with Gasteiger partial charge in [0.2, 0.25) is 11.8 Å².